The molecule has 1 aromatic carbocycles. The van der Waals surface area contributed by atoms with Gasteiger partial charge in [-0.2, -0.15) is 0 Å². The van der Waals surface area contributed by atoms with Crippen molar-refractivity contribution in [2.24, 2.45) is 11.7 Å². The van der Waals surface area contributed by atoms with E-state index >= 15 is 0 Å². The number of imidazole rings is 1. The smallest absolute Gasteiger partial charge is 0.242 e. The fourth-order valence-corrected chi connectivity index (χ4v) is 2.49. The summed E-state index contributed by atoms with van der Waals surface area (Å²) in [7, 11) is 0. The maximum atomic E-state index is 12.5. The van der Waals surface area contributed by atoms with Crippen molar-refractivity contribution < 1.29 is 9.59 Å². The van der Waals surface area contributed by atoms with Crippen molar-refractivity contribution in [3.05, 3.63) is 54.1 Å². The van der Waals surface area contributed by atoms with Crippen molar-refractivity contribution in [2.75, 3.05) is 6.54 Å². The standard InChI is InChI=1S/C19H27N5O2/c1-13(2)10-22-19(26)17(8-14-6-4-3-5-7-14)24-18(25)16(20)9-15-11-21-12-23-15/h3-7,11-13,16-17H,8-10,20H2,1-2H3,(H,21,23)(H,22,26)(H,24,25)/t16-,17-/m1/s1. The van der Waals surface area contributed by atoms with Crippen molar-refractivity contribution >= 4 is 11.8 Å². The Bertz CT molecular complexity index is 685. The molecular formula is C19H27N5O2. The average molecular weight is 357 g/mol. The SMILES string of the molecule is CC(C)CNC(=O)[C@@H](Cc1ccccc1)NC(=O)[C@H](N)Cc1cnc[nH]1. The van der Waals surface area contributed by atoms with Crippen molar-refractivity contribution in [1.82, 2.24) is 20.6 Å². The summed E-state index contributed by atoms with van der Waals surface area (Å²) in [6, 6.07) is 8.16. The van der Waals surface area contributed by atoms with Crippen molar-refractivity contribution in [2.45, 2.75) is 38.8 Å². The van der Waals surface area contributed by atoms with Crippen LogP contribution >= 0.6 is 0 Å². The van der Waals surface area contributed by atoms with E-state index in [9.17, 15) is 9.59 Å². The number of aromatic nitrogens is 2. The lowest BCUT2D eigenvalue weighted by atomic mass is 10.0. The summed E-state index contributed by atoms with van der Waals surface area (Å²) < 4.78 is 0. The highest BCUT2D eigenvalue weighted by atomic mass is 16.2. The van der Waals surface area contributed by atoms with E-state index in [1.165, 1.54) is 6.33 Å². The molecule has 1 heterocycles. The number of carbonyl (C=O) groups is 2. The molecule has 0 spiro atoms. The molecule has 26 heavy (non-hydrogen) atoms. The highest BCUT2D eigenvalue weighted by Gasteiger charge is 2.24. The van der Waals surface area contributed by atoms with Crippen molar-refractivity contribution in [3.8, 4) is 0 Å². The highest BCUT2D eigenvalue weighted by molar-refractivity contribution is 5.90. The van der Waals surface area contributed by atoms with Crippen LogP contribution in [0.2, 0.25) is 0 Å². The lowest BCUT2D eigenvalue weighted by Crippen LogP contribution is -2.53. The van der Waals surface area contributed by atoms with Gasteiger partial charge in [0, 0.05) is 31.3 Å². The molecule has 0 bridgehead atoms. The van der Waals surface area contributed by atoms with E-state index < -0.39 is 12.1 Å². The number of nitrogens with two attached hydrogens (primary N) is 1. The van der Waals surface area contributed by atoms with E-state index in [4.69, 9.17) is 5.73 Å². The molecule has 0 fully saturated rings. The summed E-state index contributed by atoms with van der Waals surface area (Å²) in [6.45, 7) is 4.59. The molecule has 0 saturated carbocycles. The lowest BCUT2D eigenvalue weighted by molar-refractivity contribution is -0.129. The molecule has 0 aliphatic heterocycles. The Morgan fingerprint density at radius 3 is 2.50 bits per heavy atom. The van der Waals surface area contributed by atoms with Gasteiger partial charge in [0.15, 0.2) is 0 Å². The lowest BCUT2D eigenvalue weighted by Gasteiger charge is -2.21. The van der Waals surface area contributed by atoms with Crippen molar-refractivity contribution in [3.63, 3.8) is 0 Å². The largest absolute Gasteiger partial charge is 0.354 e. The molecule has 7 nitrogen and oxygen atoms in total. The number of rotatable bonds is 9. The Labute approximate surface area is 153 Å². The quantitative estimate of drug-likeness (QED) is 0.531. The number of H-pyrrole nitrogens is 1. The minimum atomic E-state index is -0.758. The Morgan fingerprint density at radius 1 is 1.15 bits per heavy atom. The first-order valence-electron chi connectivity index (χ1n) is 8.80. The summed E-state index contributed by atoms with van der Waals surface area (Å²) in [5.74, 6) is -0.237. The predicted molar refractivity (Wildman–Crippen MR) is 100 cm³/mol. The molecule has 2 aromatic rings. The topological polar surface area (TPSA) is 113 Å². The molecule has 2 amide bonds. The number of nitrogens with zero attached hydrogens (tertiary/aromatic N) is 1. The number of aromatic amines is 1. The molecule has 7 heteroatoms. The summed E-state index contributed by atoms with van der Waals surface area (Å²) in [5.41, 5.74) is 7.73. The predicted octanol–water partition coefficient (Wildman–Crippen LogP) is 0.779. The molecule has 0 unspecified atom stereocenters. The van der Waals surface area contributed by atoms with Gasteiger partial charge in [-0.05, 0) is 11.5 Å². The summed E-state index contributed by atoms with van der Waals surface area (Å²) >= 11 is 0. The molecule has 140 valence electrons. The molecule has 5 N–H and O–H groups in total. The minimum Gasteiger partial charge on any atom is -0.354 e. The van der Waals surface area contributed by atoms with Gasteiger partial charge in [-0.15, -0.1) is 0 Å². The van der Waals surface area contributed by atoms with Gasteiger partial charge in [0.1, 0.15) is 6.04 Å². The zero-order valence-corrected chi connectivity index (χ0v) is 15.2. The summed E-state index contributed by atoms with van der Waals surface area (Å²) in [6.07, 6.45) is 3.91. The second-order valence-corrected chi connectivity index (χ2v) is 6.78. The number of hydrogen-bond donors (Lipinski definition) is 4. The van der Waals surface area contributed by atoms with Gasteiger partial charge in [0.05, 0.1) is 12.4 Å². The maximum Gasteiger partial charge on any atom is 0.242 e. The Morgan fingerprint density at radius 2 is 1.88 bits per heavy atom. The third-order valence-electron chi connectivity index (χ3n) is 3.93. The fourth-order valence-electron chi connectivity index (χ4n) is 2.49. The van der Waals surface area contributed by atoms with E-state index in [2.05, 4.69) is 20.6 Å². The van der Waals surface area contributed by atoms with Crippen LogP contribution in [0.3, 0.4) is 0 Å². The van der Waals surface area contributed by atoms with Gasteiger partial charge in [0.25, 0.3) is 0 Å². The molecule has 2 atom stereocenters. The minimum absolute atomic E-state index is 0.204. The zero-order valence-electron chi connectivity index (χ0n) is 15.2. The Hall–Kier alpha value is -2.67. The van der Waals surface area contributed by atoms with E-state index in [1.807, 2.05) is 44.2 Å². The van der Waals surface area contributed by atoms with Gasteiger partial charge in [-0.3, -0.25) is 9.59 Å². The van der Waals surface area contributed by atoms with Crippen LogP contribution < -0.4 is 16.4 Å². The highest BCUT2D eigenvalue weighted by Crippen LogP contribution is 2.05. The van der Waals surface area contributed by atoms with E-state index in [-0.39, 0.29) is 11.8 Å². The molecule has 1 aromatic heterocycles. The van der Waals surface area contributed by atoms with Crippen LogP contribution in [0, 0.1) is 5.92 Å². The van der Waals surface area contributed by atoms with Crippen LogP contribution in [0.5, 0.6) is 0 Å². The second-order valence-electron chi connectivity index (χ2n) is 6.78. The van der Waals surface area contributed by atoms with Gasteiger partial charge in [-0.1, -0.05) is 44.2 Å². The van der Waals surface area contributed by atoms with Crippen LogP contribution in [0.1, 0.15) is 25.1 Å². The molecule has 0 saturated heterocycles. The van der Waals surface area contributed by atoms with Gasteiger partial charge in [0.2, 0.25) is 11.8 Å². The third kappa shape index (κ3) is 6.33. The number of hydrogen-bond acceptors (Lipinski definition) is 4. The zero-order chi connectivity index (χ0) is 18.9. The van der Waals surface area contributed by atoms with Gasteiger partial charge >= 0.3 is 0 Å². The number of benzene rings is 1. The van der Waals surface area contributed by atoms with Crippen molar-refractivity contribution in [1.29, 1.82) is 0 Å². The van der Waals surface area contributed by atoms with Crippen LogP contribution in [-0.4, -0.2) is 40.4 Å². The first-order valence-corrected chi connectivity index (χ1v) is 8.80. The fraction of sp³-hybridized carbons (Fsp3) is 0.421. The monoisotopic (exact) mass is 357 g/mol. The van der Waals surface area contributed by atoms with Gasteiger partial charge < -0.3 is 21.4 Å². The van der Waals surface area contributed by atoms with E-state index in [0.717, 1.165) is 11.3 Å². The second kappa shape index (κ2) is 9.72. The maximum absolute atomic E-state index is 12.5. The van der Waals surface area contributed by atoms with E-state index in [0.29, 0.717) is 25.3 Å². The van der Waals surface area contributed by atoms with Crippen LogP contribution in [-0.2, 0) is 22.4 Å². The normalized spacial score (nSPS) is 13.2. The third-order valence-corrected chi connectivity index (χ3v) is 3.93. The first-order chi connectivity index (χ1) is 12.5. The number of carbonyl (C=O) groups excluding carboxylic acids is 2. The number of nitrogens with one attached hydrogen (secondary N) is 3. The first kappa shape index (κ1) is 19.7. The van der Waals surface area contributed by atoms with Crippen LogP contribution in [0.4, 0.5) is 0 Å². The number of amides is 2. The molecule has 0 radical (unpaired) electrons. The van der Waals surface area contributed by atoms with Crippen LogP contribution in [0.15, 0.2) is 42.9 Å². The Kier molecular flexibility index (Phi) is 7.35. The molecule has 0 aliphatic carbocycles. The Balaban J connectivity index is 2.01. The van der Waals surface area contributed by atoms with E-state index in [1.54, 1.807) is 6.20 Å². The van der Waals surface area contributed by atoms with Gasteiger partial charge in [-0.25, -0.2) is 4.98 Å². The molecule has 2 rings (SSSR count). The summed E-state index contributed by atoms with van der Waals surface area (Å²) in [4.78, 5) is 31.8. The molecular weight excluding hydrogens is 330 g/mol. The van der Waals surface area contributed by atoms with Crippen LogP contribution in [0.25, 0.3) is 0 Å². The molecule has 0 aliphatic rings. The average Bonchev–Trinajstić information content (AvgIpc) is 3.12. The summed E-state index contributed by atoms with van der Waals surface area (Å²) in [5, 5.41) is 5.67.